The van der Waals surface area contributed by atoms with Gasteiger partial charge in [0.2, 0.25) is 20.0 Å². The second-order valence-electron chi connectivity index (χ2n) is 4.55. The highest BCUT2D eigenvalue weighted by molar-refractivity contribution is 7.90. The minimum Gasteiger partial charge on any atom is -0.225 e. The Balaban J connectivity index is 2.94. The minimum atomic E-state index is -3.73. The molecule has 0 fully saturated rings. The first-order valence-electron chi connectivity index (χ1n) is 5.68. The summed E-state index contributed by atoms with van der Waals surface area (Å²) < 4.78 is 48.1. The largest absolute Gasteiger partial charge is 0.238 e. The average Bonchev–Trinajstić information content (AvgIpc) is 2.27. The molecule has 0 spiro atoms. The quantitative estimate of drug-likeness (QED) is 0.836. The van der Waals surface area contributed by atoms with Crippen molar-refractivity contribution in [3.63, 3.8) is 0 Å². The van der Waals surface area contributed by atoms with Gasteiger partial charge in [0.05, 0.1) is 10.1 Å². The summed E-state index contributed by atoms with van der Waals surface area (Å²) in [7, 11) is -7.11. The third-order valence-corrected chi connectivity index (χ3v) is 5.52. The van der Waals surface area contributed by atoms with Crippen molar-refractivity contribution in [1.29, 1.82) is 0 Å². The molecule has 0 aromatic heterocycles. The van der Waals surface area contributed by atoms with Crippen LogP contribution in [-0.2, 0) is 20.0 Å². The van der Waals surface area contributed by atoms with E-state index in [1.165, 1.54) is 24.3 Å². The molecule has 6 nitrogen and oxygen atoms in total. The van der Waals surface area contributed by atoms with Gasteiger partial charge in [-0.2, -0.15) is 0 Å². The second-order valence-corrected chi connectivity index (χ2v) is 8.38. The van der Waals surface area contributed by atoms with Crippen LogP contribution < -0.4 is 9.86 Å². The Kier molecular flexibility index (Phi) is 4.72. The van der Waals surface area contributed by atoms with Crippen molar-refractivity contribution in [3.05, 3.63) is 29.8 Å². The fourth-order valence-electron chi connectivity index (χ4n) is 1.40. The zero-order valence-electron chi connectivity index (χ0n) is 11.0. The summed E-state index contributed by atoms with van der Waals surface area (Å²) in [4.78, 5) is -0.00448. The van der Waals surface area contributed by atoms with E-state index in [0.29, 0.717) is 5.56 Å². The number of sulfonamides is 2. The van der Waals surface area contributed by atoms with Gasteiger partial charge >= 0.3 is 0 Å². The Morgan fingerprint density at radius 1 is 1.00 bits per heavy atom. The molecule has 1 unspecified atom stereocenters. The molecule has 0 amide bonds. The van der Waals surface area contributed by atoms with Crippen LogP contribution in [-0.4, -0.2) is 22.1 Å². The van der Waals surface area contributed by atoms with Crippen molar-refractivity contribution in [2.75, 3.05) is 0 Å². The van der Waals surface area contributed by atoms with E-state index in [1.807, 2.05) is 0 Å². The third-order valence-electron chi connectivity index (χ3n) is 2.67. The Morgan fingerprint density at radius 2 is 1.47 bits per heavy atom. The first-order valence-corrected chi connectivity index (χ1v) is 8.77. The third kappa shape index (κ3) is 4.27. The van der Waals surface area contributed by atoms with E-state index in [9.17, 15) is 16.8 Å². The van der Waals surface area contributed by atoms with Gasteiger partial charge in [0.25, 0.3) is 0 Å². The van der Waals surface area contributed by atoms with Crippen molar-refractivity contribution < 1.29 is 16.8 Å². The maximum absolute atomic E-state index is 11.7. The van der Waals surface area contributed by atoms with Crippen LogP contribution in [0.5, 0.6) is 0 Å². The first kappa shape index (κ1) is 16.1. The van der Waals surface area contributed by atoms with Gasteiger partial charge in [-0.25, -0.2) is 26.7 Å². The molecule has 0 heterocycles. The smallest absolute Gasteiger partial charge is 0.225 e. The molecule has 108 valence electrons. The molecule has 0 saturated heterocycles. The predicted octanol–water partition coefficient (Wildman–Crippen LogP) is 0.723. The number of rotatable bonds is 5. The molecule has 1 atom stereocenters. The summed E-state index contributed by atoms with van der Waals surface area (Å²) in [5, 5.41) is 4.46. The molecule has 0 bridgehead atoms. The van der Waals surface area contributed by atoms with E-state index in [0.717, 1.165) is 0 Å². The summed E-state index contributed by atoms with van der Waals surface area (Å²) in [5.41, 5.74) is 0.664. The lowest BCUT2D eigenvalue weighted by Crippen LogP contribution is -2.32. The van der Waals surface area contributed by atoms with Crippen LogP contribution >= 0.6 is 0 Å². The topological polar surface area (TPSA) is 106 Å². The SMILES string of the molecule is CC(NS(=O)(=O)C(C)C)c1ccc(S(N)(=O)=O)cc1. The van der Waals surface area contributed by atoms with Crippen molar-refractivity contribution in [3.8, 4) is 0 Å². The van der Waals surface area contributed by atoms with Crippen LogP contribution in [0.1, 0.15) is 32.4 Å². The van der Waals surface area contributed by atoms with Gasteiger partial charge < -0.3 is 0 Å². The minimum absolute atomic E-state index is 0.00448. The van der Waals surface area contributed by atoms with Crippen LogP contribution in [0.25, 0.3) is 0 Å². The zero-order chi connectivity index (χ0) is 14.8. The van der Waals surface area contributed by atoms with Crippen LogP contribution in [0, 0.1) is 0 Å². The van der Waals surface area contributed by atoms with Crippen molar-refractivity contribution in [2.24, 2.45) is 5.14 Å². The van der Waals surface area contributed by atoms with Gasteiger partial charge in [0.15, 0.2) is 0 Å². The average molecular weight is 306 g/mol. The van der Waals surface area contributed by atoms with E-state index in [1.54, 1.807) is 20.8 Å². The Hall–Kier alpha value is -0.960. The molecular formula is C11H18N2O4S2. The fraction of sp³-hybridized carbons (Fsp3) is 0.455. The van der Waals surface area contributed by atoms with Gasteiger partial charge in [-0.15, -0.1) is 0 Å². The first-order chi connectivity index (χ1) is 8.54. The van der Waals surface area contributed by atoms with E-state index >= 15 is 0 Å². The lowest BCUT2D eigenvalue weighted by atomic mass is 10.1. The molecule has 0 aliphatic heterocycles. The van der Waals surface area contributed by atoms with Crippen LogP contribution in [0.3, 0.4) is 0 Å². The van der Waals surface area contributed by atoms with Gasteiger partial charge in [0, 0.05) is 6.04 Å². The molecule has 1 aromatic carbocycles. The number of nitrogens with one attached hydrogen (secondary N) is 1. The summed E-state index contributed by atoms with van der Waals surface area (Å²) >= 11 is 0. The molecular weight excluding hydrogens is 288 g/mol. The highest BCUT2D eigenvalue weighted by Gasteiger charge is 2.19. The predicted molar refractivity (Wildman–Crippen MR) is 73.4 cm³/mol. The molecule has 8 heteroatoms. The van der Waals surface area contributed by atoms with Gasteiger partial charge in [-0.05, 0) is 38.5 Å². The Labute approximate surface area is 114 Å². The number of hydrogen-bond donors (Lipinski definition) is 2. The number of nitrogens with two attached hydrogens (primary N) is 1. The van der Waals surface area contributed by atoms with Crippen molar-refractivity contribution in [1.82, 2.24) is 4.72 Å². The molecule has 1 rings (SSSR count). The lowest BCUT2D eigenvalue weighted by molar-refractivity contribution is 0.557. The number of benzene rings is 1. The van der Waals surface area contributed by atoms with Gasteiger partial charge in [-0.1, -0.05) is 12.1 Å². The van der Waals surface area contributed by atoms with E-state index in [-0.39, 0.29) is 4.90 Å². The summed E-state index contributed by atoms with van der Waals surface area (Å²) in [6.45, 7) is 4.85. The van der Waals surface area contributed by atoms with Crippen molar-refractivity contribution in [2.45, 2.75) is 37.0 Å². The Morgan fingerprint density at radius 3 is 1.84 bits per heavy atom. The summed E-state index contributed by atoms with van der Waals surface area (Å²) in [5.74, 6) is 0. The highest BCUT2D eigenvalue weighted by Crippen LogP contribution is 2.17. The standard InChI is InChI=1S/C11H18N2O4S2/c1-8(2)19(16,17)13-9(3)10-4-6-11(7-5-10)18(12,14)15/h4-9,13H,1-3H3,(H2,12,14,15). The molecule has 3 N–H and O–H groups in total. The lowest BCUT2D eigenvalue weighted by Gasteiger charge is -2.16. The summed E-state index contributed by atoms with van der Waals surface area (Å²) in [6, 6.07) is 5.33. The van der Waals surface area contributed by atoms with Crippen LogP contribution in [0.2, 0.25) is 0 Å². The highest BCUT2D eigenvalue weighted by atomic mass is 32.2. The van der Waals surface area contributed by atoms with E-state index in [4.69, 9.17) is 5.14 Å². The fourth-order valence-corrected chi connectivity index (χ4v) is 2.81. The Bertz CT molecular complexity index is 634. The zero-order valence-corrected chi connectivity index (χ0v) is 12.6. The number of hydrogen-bond acceptors (Lipinski definition) is 4. The molecule has 0 aliphatic rings. The van der Waals surface area contributed by atoms with Gasteiger partial charge in [0.1, 0.15) is 0 Å². The van der Waals surface area contributed by atoms with Crippen molar-refractivity contribution >= 4 is 20.0 Å². The molecule has 0 radical (unpaired) electrons. The molecule has 19 heavy (non-hydrogen) atoms. The molecule has 0 saturated carbocycles. The van der Waals surface area contributed by atoms with Gasteiger partial charge in [-0.3, -0.25) is 0 Å². The second kappa shape index (κ2) is 5.58. The maximum Gasteiger partial charge on any atom is 0.238 e. The monoisotopic (exact) mass is 306 g/mol. The van der Waals surface area contributed by atoms with E-state index < -0.39 is 31.3 Å². The maximum atomic E-state index is 11.7. The normalized spacial score (nSPS) is 14.6. The van der Waals surface area contributed by atoms with E-state index in [2.05, 4.69) is 4.72 Å². The van der Waals surface area contributed by atoms with Crippen LogP contribution in [0.4, 0.5) is 0 Å². The summed E-state index contributed by atoms with van der Waals surface area (Å²) in [6.07, 6.45) is 0. The number of primary sulfonamides is 1. The molecule has 1 aromatic rings. The molecule has 0 aliphatic carbocycles. The van der Waals surface area contributed by atoms with Crippen LogP contribution in [0.15, 0.2) is 29.2 Å².